The van der Waals surface area contributed by atoms with Crippen LogP contribution in [0, 0.1) is 11.8 Å². The Kier molecular flexibility index (Phi) is 3.36. The van der Waals surface area contributed by atoms with Crippen molar-refractivity contribution in [1.29, 1.82) is 0 Å². The van der Waals surface area contributed by atoms with E-state index in [9.17, 15) is 0 Å². The maximum Gasteiger partial charge on any atom is 0.0496 e. The van der Waals surface area contributed by atoms with Gasteiger partial charge in [0.1, 0.15) is 0 Å². The second-order valence-corrected chi connectivity index (χ2v) is 6.29. The third-order valence-corrected chi connectivity index (χ3v) is 3.74. The zero-order chi connectivity index (χ0) is 10.9. The average molecular weight is 211 g/mol. The third-order valence-electron chi connectivity index (χ3n) is 3.74. The molecule has 0 aromatic carbocycles. The smallest absolute Gasteiger partial charge is 0.0496 e. The van der Waals surface area contributed by atoms with Crippen LogP contribution in [0.15, 0.2) is 0 Å². The van der Waals surface area contributed by atoms with Crippen molar-refractivity contribution in [2.24, 2.45) is 11.8 Å². The lowest BCUT2D eigenvalue weighted by Gasteiger charge is -2.41. The number of fused-ring (bicyclic) bond motifs is 1. The first-order valence-corrected chi connectivity index (χ1v) is 6.40. The van der Waals surface area contributed by atoms with Crippen LogP contribution < -0.4 is 5.32 Å². The second-order valence-electron chi connectivity index (χ2n) is 6.29. The van der Waals surface area contributed by atoms with Gasteiger partial charge in [0.2, 0.25) is 0 Å². The molecule has 2 rings (SSSR count). The largest absolute Gasteiger partial charge is 0.381 e. The van der Waals surface area contributed by atoms with E-state index in [2.05, 4.69) is 26.1 Å². The van der Waals surface area contributed by atoms with E-state index in [4.69, 9.17) is 4.74 Å². The first kappa shape index (κ1) is 11.4. The Labute approximate surface area is 93.8 Å². The molecule has 88 valence electrons. The first-order valence-electron chi connectivity index (χ1n) is 6.40. The Morgan fingerprint density at radius 2 is 1.87 bits per heavy atom. The molecule has 1 aliphatic carbocycles. The molecule has 1 saturated carbocycles. The molecule has 1 aliphatic heterocycles. The molecule has 2 fully saturated rings. The summed E-state index contributed by atoms with van der Waals surface area (Å²) in [4.78, 5) is 0. The van der Waals surface area contributed by atoms with Crippen molar-refractivity contribution in [3.05, 3.63) is 0 Å². The standard InChI is InChI=1S/C13H25NO/c1-13(2,3)14-12-5-4-11-9-15-7-6-10(11)8-12/h10-12,14H,4-9H2,1-3H3. The van der Waals surface area contributed by atoms with Crippen molar-refractivity contribution in [1.82, 2.24) is 5.32 Å². The number of hydrogen-bond donors (Lipinski definition) is 1. The summed E-state index contributed by atoms with van der Waals surface area (Å²) in [6, 6.07) is 0.740. The molecule has 2 aliphatic rings. The highest BCUT2D eigenvalue weighted by molar-refractivity contribution is 4.88. The van der Waals surface area contributed by atoms with Crippen LogP contribution in [0.3, 0.4) is 0 Å². The Morgan fingerprint density at radius 3 is 2.60 bits per heavy atom. The molecule has 1 heterocycles. The van der Waals surface area contributed by atoms with E-state index in [0.717, 1.165) is 31.1 Å². The average Bonchev–Trinajstić information content (AvgIpc) is 2.15. The molecule has 3 unspecified atom stereocenters. The fourth-order valence-electron chi connectivity index (χ4n) is 3.11. The minimum absolute atomic E-state index is 0.267. The van der Waals surface area contributed by atoms with Gasteiger partial charge in [0.25, 0.3) is 0 Å². The molecule has 15 heavy (non-hydrogen) atoms. The lowest BCUT2D eigenvalue weighted by atomic mass is 9.74. The highest BCUT2D eigenvalue weighted by Crippen LogP contribution is 2.35. The van der Waals surface area contributed by atoms with Gasteiger partial charge in [-0.15, -0.1) is 0 Å². The highest BCUT2D eigenvalue weighted by atomic mass is 16.5. The summed E-state index contributed by atoms with van der Waals surface area (Å²) in [5.41, 5.74) is 0.267. The minimum atomic E-state index is 0.267. The molecular formula is C13H25NO. The Bertz CT molecular complexity index is 209. The van der Waals surface area contributed by atoms with Gasteiger partial charge in [0.15, 0.2) is 0 Å². The van der Waals surface area contributed by atoms with Crippen molar-refractivity contribution in [3.63, 3.8) is 0 Å². The van der Waals surface area contributed by atoms with E-state index < -0.39 is 0 Å². The lowest BCUT2D eigenvalue weighted by molar-refractivity contribution is -0.00969. The fourth-order valence-corrected chi connectivity index (χ4v) is 3.11. The van der Waals surface area contributed by atoms with Gasteiger partial charge in [-0.05, 0) is 58.3 Å². The van der Waals surface area contributed by atoms with Crippen LogP contribution in [-0.4, -0.2) is 24.8 Å². The topological polar surface area (TPSA) is 21.3 Å². The predicted octanol–water partition coefficient (Wildman–Crippen LogP) is 2.58. The van der Waals surface area contributed by atoms with Gasteiger partial charge in [-0.1, -0.05) is 0 Å². The van der Waals surface area contributed by atoms with Gasteiger partial charge in [0.05, 0.1) is 0 Å². The third kappa shape index (κ3) is 3.18. The molecule has 0 spiro atoms. The monoisotopic (exact) mass is 211 g/mol. The molecular weight excluding hydrogens is 186 g/mol. The molecule has 2 heteroatoms. The van der Waals surface area contributed by atoms with Crippen LogP contribution in [0.4, 0.5) is 0 Å². The summed E-state index contributed by atoms with van der Waals surface area (Å²) < 4.78 is 5.55. The van der Waals surface area contributed by atoms with E-state index in [1.807, 2.05) is 0 Å². The molecule has 0 amide bonds. The maximum absolute atomic E-state index is 5.55. The number of hydrogen-bond acceptors (Lipinski definition) is 2. The lowest BCUT2D eigenvalue weighted by Crippen LogP contribution is -2.48. The summed E-state index contributed by atoms with van der Waals surface area (Å²) in [6.45, 7) is 8.81. The molecule has 0 radical (unpaired) electrons. The second kappa shape index (κ2) is 4.42. The van der Waals surface area contributed by atoms with Crippen molar-refractivity contribution in [3.8, 4) is 0 Å². The van der Waals surface area contributed by atoms with Crippen LogP contribution in [-0.2, 0) is 4.74 Å². The van der Waals surface area contributed by atoms with E-state index in [1.165, 1.54) is 25.7 Å². The van der Waals surface area contributed by atoms with Crippen LogP contribution in [0.1, 0.15) is 46.5 Å². The summed E-state index contributed by atoms with van der Waals surface area (Å²) in [5.74, 6) is 1.78. The molecule has 3 atom stereocenters. The molecule has 1 N–H and O–H groups in total. The predicted molar refractivity (Wildman–Crippen MR) is 62.9 cm³/mol. The van der Waals surface area contributed by atoms with Crippen molar-refractivity contribution in [2.45, 2.75) is 58.0 Å². The summed E-state index contributed by atoms with van der Waals surface area (Å²) in [6.07, 6.45) is 5.35. The van der Waals surface area contributed by atoms with Crippen LogP contribution in [0.25, 0.3) is 0 Å². The molecule has 0 aromatic rings. The quantitative estimate of drug-likeness (QED) is 0.720. The van der Waals surface area contributed by atoms with Gasteiger partial charge < -0.3 is 10.1 Å². The molecule has 0 aromatic heterocycles. The van der Waals surface area contributed by atoms with Crippen LogP contribution in [0.2, 0.25) is 0 Å². The van der Waals surface area contributed by atoms with Crippen molar-refractivity contribution >= 4 is 0 Å². The van der Waals surface area contributed by atoms with E-state index in [0.29, 0.717) is 0 Å². The van der Waals surface area contributed by atoms with Crippen LogP contribution >= 0.6 is 0 Å². The zero-order valence-corrected chi connectivity index (χ0v) is 10.4. The molecule has 2 nitrogen and oxygen atoms in total. The van der Waals surface area contributed by atoms with E-state index in [-0.39, 0.29) is 5.54 Å². The summed E-state index contributed by atoms with van der Waals surface area (Å²) >= 11 is 0. The molecule has 0 bridgehead atoms. The zero-order valence-electron chi connectivity index (χ0n) is 10.4. The van der Waals surface area contributed by atoms with Gasteiger partial charge in [-0.25, -0.2) is 0 Å². The normalized spacial score (nSPS) is 37.4. The number of rotatable bonds is 1. The van der Waals surface area contributed by atoms with E-state index in [1.54, 1.807) is 0 Å². The number of ether oxygens (including phenoxy) is 1. The van der Waals surface area contributed by atoms with Crippen LogP contribution in [0.5, 0.6) is 0 Å². The van der Waals surface area contributed by atoms with Crippen molar-refractivity contribution in [2.75, 3.05) is 13.2 Å². The maximum atomic E-state index is 5.55. The molecule has 1 saturated heterocycles. The van der Waals surface area contributed by atoms with Gasteiger partial charge in [-0.3, -0.25) is 0 Å². The van der Waals surface area contributed by atoms with Gasteiger partial charge in [-0.2, -0.15) is 0 Å². The highest BCUT2D eigenvalue weighted by Gasteiger charge is 2.33. The van der Waals surface area contributed by atoms with E-state index >= 15 is 0 Å². The Balaban J connectivity index is 1.85. The fraction of sp³-hybridized carbons (Fsp3) is 1.00. The van der Waals surface area contributed by atoms with Gasteiger partial charge in [0, 0.05) is 24.8 Å². The summed E-state index contributed by atoms with van der Waals surface area (Å²) in [5, 5.41) is 3.75. The Hall–Kier alpha value is -0.0800. The minimum Gasteiger partial charge on any atom is -0.381 e. The Morgan fingerprint density at radius 1 is 1.07 bits per heavy atom. The van der Waals surface area contributed by atoms with Crippen molar-refractivity contribution < 1.29 is 4.74 Å². The number of nitrogens with one attached hydrogen (secondary N) is 1. The summed E-state index contributed by atoms with van der Waals surface area (Å²) in [7, 11) is 0. The first-order chi connectivity index (χ1) is 7.04. The SMILES string of the molecule is CC(C)(C)NC1CCC2COCCC2C1. The van der Waals surface area contributed by atoms with Gasteiger partial charge >= 0.3 is 0 Å².